The lowest BCUT2D eigenvalue weighted by Gasteiger charge is -2.17. The molecule has 2 nitrogen and oxygen atoms in total. The summed E-state index contributed by atoms with van der Waals surface area (Å²) in [5.41, 5.74) is 3.87. The van der Waals surface area contributed by atoms with E-state index in [2.05, 4.69) is 44.3 Å². The molecule has 0 amide bonds. The molecule has 0 heterocycles. The first-order valence-electron chi connectivity index (χ1n) is 6.35. The summed E-state index contributed by atoms with van der Waals surface area (Å²) in [5.74, 6) is 0.783. The third-order valence-corrected chi connectivity index (χ3v) is 2.93. The van der Waals surface area contributed by atoms with Crippen molar-refractivity contribution in [2.75, 3.05) is 11.9 Å². The van der Waals surface area contributed by atoms with Crippen LogP contribution in [-0.2, 0) is 4.79 Å². The molecule has 0 aliphatic rings. The Balaban J connectivity index is 2.66. The largest absolute Gasteiger partial charge is 0.385 e. The number of nitrogens with one attached hydrogen (secondary N) is 1. The molecular weight excluding hydrogens is 210 g/mol. The smallest absolute Gasteiger partial charge is 0.129 e. The van der Waals surface area contributed by atoms with E-state index in [1.807, 2.05) is 0 Å². The number of benzene rings is 1. The van der Waals surface area contributed by atoms with E-state index < -0.39 is 0 Å². The first-order valence-corrected chi connectivity index (χ1v) is 6.35. The Labute approximate surface area is 104 Å². The lowest BCUT2D eigenvalue weighted by Crippen LogP contribution is -2.08. The normalized spacial score (nSPS) is 10.6. The highest BCUT2D eigenvalue weighted by Gasteiger charge is 2.08. The van der Waals surface area contributed by atoms with Crippen molar-refractivity contribution in [3.05, 3.63) is 29.3 Å². The summed E-state index contributed by atoms with van der Waals surface area (Å²) >= 11 is 0. The van der Waals surface area contributed by atoms with Crippen LogP contribution in [0.3, 0.4) is 0 Å². The van der Waals surface area contributed by atoms with Crippen LogP contribution in [0.1, 0.15) is 50.7 Å². The number of hydrogen-bond donors (Lipinski definition) is 1. The topological polar surface area (TPSA) is 29.1 Å². The molecule has 0 aliphatic heterocycles. The molecule has 0 saturated heterocycles. The van der Waals surface area contributed by atoms with E-state index in [0.29, 0.717) is 12.3 Å². The SMILES string of the molecule is CC(=O)CCCNc1c(C)cccc1C(C)C. The zero-order valence-electron chi connectivity index (χ0n) is 11.3. The van der Waals surface area contributed by atoms with E-state index in [-0.39, 0.29) is 5.78 Å². The maximum Gasteiger partial charge on any atom is 0.129 e. The van der Waals surface area contributed by atoms with Crippen LogP contribution >= 0.6 is 0 Å². The standard InChI is InChI=1S/C15H23NO/c1-11(2)14-9-5-7-12(3)15(14)16-10-6-8-13(4)17/h5,7,9,11,16H,6,8,10H2,1-4H3. The molecule has 0 aromatic heterocycles. The Morgan fingerprint density at radius 2 is 2.06 bits per heavy atom. The number of carbonyl (C=O) groups is 1. The minimum Gasteiger partial charge on any atom is -0.385 e. The quantitative estimate of drug-likeness (QED) is 0.755. The Morgan fingerprint density at radius 3 is 2.65 bits per heavy atom. The van der Waals surface area contributed by atoms with Crippen molar-refractivity contribution >= 4 is 11.5 Å². The number of carbonyl (C=O) groups excluding carboxylic acids is 1. The van der Waals surface area contributed by atoms with E-state index in [4.69, 9.17) is 0 Å². The zero-order chi connectivity index (χ0) is 12.8. The molecule has 0 aliphatic carbocycles. The van der Waals surface area contributed by atoms with Gasteiger partial charge in [0.05, 0.1) is 0 Å². The van der Waals surface area contributed by atoms with E-state index in [0.717, 1.165) is 13.0 Å². The Hall–Kier alpha value is -1.31. The predicted molar refractivity (Wildman–Crippen MR) is 73.7 cm³/mol. The van der Waals surface area contributed by atoms with E-state index in [1.54, 1.807) is 6.92 Å². The first kappa shape index (κ1) is 13.8. The fourth-order valence-electron chi connectivity index (χ4n) is 1.96. The van der Waals surface area contributed by atoms with Crippen LogP contribution in [0.2, 0.25) is 0 Å². The lowest BCUT2D eigenvalue weighted by molar-refractivity contribution is -0.117. The fourth-order valence-corrected chi connectivity index (χ4v) is 1.96. The Morgan fingerprint density at radius 1 is 1.35 bits per heavy atom. The zero-order valence-corrected chi connectivity index (χ0v) is 11.3. The van der Waals surface area contributed by atoms with Crippen LogP contribution in [0.5, 0.6) is 0 Å². The monoisotopic (exact) mass is 233 g/mol. The molecule has 1 rings (SSSR count). The van der Waals surface area contributed by atoms with Gasteiger partial charge in [-0.1, -0.05) is 32.0 Å². The summed E-state index contributed by atoms with van der Waals surface area (Å²) in [6, 6.07) is 6.40. The van der Waals surface area contributed by atoms with Crippen LogP contribution < -0.4 is 5.32 Å². The highest BCUT2D eigenvalue weighted by Crippen LogP contribution is 2.27. The van der Waals surface area contributed by atoms with Crippen LogP contribution in [-0.4, -0.2) is 12.3 Å². The van der Waals surface area contributed by atoms with Gasteiger partial charge in [0.15, 0.2) is 0 Å². The third kappa shape index (κ3) is 4.22. The summed E-state index contributed by atoms with van der Waals surface area (Å²) in [4.78, 5) is 10.9. The number of aryl methyl sites for hydroxylation is 1. The van der Waals surface area contributed by atoms with Gasteiger partial charge in [-0.05, 0) is 37.3 Å². The van der Waals surface area contributed by atoms with Crippen molar-refractivity contribution < 1.29 is 4.79 Å². The maximum atomic E-state index is 10.9. The van der Waals surface area contributed by atoms with Gasteiger partial charge in [-0.15, -0.1) is 0 Å². The highest BCUT2D eigenvalue weighted by molar-refractivity contribution is 5.75. The molecule has 0 radical (unpaired) electrons. The summed E-state index contributed by atoms with van der Waals surface area (Å²) in [6.45, 7) is 9.04. The fraction of sp³-hybridized carbons (Fsp3) is 0.533. The number of rotatable bonds is 6. The lowest BCUT2D eigenvalue weighted by atomic mass is 9.98. The minimum atomic E-state index is 0.265. The van der Waals surface area contributed by atoms with Gasteiger partial charge in [0.25, 0.3) is 0 Å². The number of ketones is 1. The van der Waals surface area contributed by atoms with Crippen molar-refractivity contribution in [3.63, 3.8) is 0 Å². The van der Waals surface area contributed by atoms with Gasteiger partial charge in [0.2, 0.25) is 0 Å². The van der Waals surface area contributed by atoms with Gasteiger partial charge in [-0.2, -0.15) is 0 Å². The summed E-state index contributed by atoms with van der Waals surface area (Å²) in [5, 5.41) is 3.47. The maximum absolute atomic E-state index is 10.9. The molecular formula is C15H23NO. The molecule has 1 aromatic rings. The molecule has 0 unspecified atom stereocenters. The molecule has 0 saturated carbocycles. The first-order chi connectivity index (χ1) is 8.02. The Bertz CT molecular complexity index is 383. The second kappa shape index (κ2) is 6.43. The van der Waals surface area contributed by atoms with Crippen LogP contribution in [0.25, 0.3) is 0 Å². The summed E-state index contributed by atoms with van der Waals surface area (Å²) in [6.07, 6.45) is 1.57. The van der Waals surface area contributed by atoms with E-state index >= 15 is 0 Å². The van der Waals surface area contributed by atoms with Crippen molar-refractivity contribution in [1.82, 2.24) is 0 Å². The van der Waals surface area contributed by atoms with Gasteiger partial charge in [-0.25, -0.2) is 0 Å². The van der Waals surface area contributed by atoms with Gasteiger partial charge < -0.3 is 10.1 Å². The van der Waals surface area contributed by atoms with Gasteiger partial charge in [-0.3, -0.25) is 0 Å². The molecule has 1 aromatic carbocycles. The van der Waals surface area contributed by atoms with Crippen molar-refractivity contribution in [3.8, 4) is 0 Å². The minimum absolute atomic E-state index is 0.265. The number of para-hydroxylation sites is 1. The van der Waals surface area contributed by atoms with Crippen LogP contribution in [0.4, 0.5) is 5.69 Å². The molecule has 1 N–H and O–H groups in total. The van der Waals surface area contributed by atoms with Crippen LogP contribution in [0.15, 0.2) is 18.2 Å². The van der Waals surface area contributed by atoms with Crippen molar-refractivity contribution in [2.24, 2.45) is 0 Å². The number of hydrogen-bond acceptors (Lipinski definition) is 2. The molecule has 94 valence electrons. The average molecular weight is 233 g/mol. The van der Waals surface area contributed by atoms with Gasteiger partial charge in [0, 0.05) is 18.7 Å². The molecule has 0 spiro atoms. The number of anilines is 1. The second-order valence-electron chi connectivity index (χ2n) is 4.93. The molecule has 0 atom stereocenters. The highest BCUT2D eigenvalue weighted by atomic mass is 16.1. The predicted octanol–water partition coefficient (Wildman–Crippen LogP) is 3.90. The molecule has 17 heavy (non-hydrogen) atoms. The second-order valence-corrected chi connectivity index (χ2v) is 4.93. The molecule has 0 bridgehead atoms. The third-order valence-electron chi connectivity index (χ3n) is 2.93. The van der Waals surface area contributed by atoms with E-state index in [9.17, 15) is 4.79 Å². The van der Waals surface area contributed by atoms with Gasteiger partial charge in [0.1, 0.15) is 5.78 Å². The summed E-state index contributed by atoms with van der Waals surface area (Å²) < 4.78 is 0. The summed E-state index contributed by atoms with van der Waals surface area (Å²) in [7, 11) is 0. The molecule has 0 fully saturated rings. The van der Waals surface area contributed by atoms with E-state index in [1.165, 1.54) is 16.8 Å². The average Bonchev–Trinajstić information content (AvgIpc) is 2.25. The number of Topliss-reactive ketones (excluding diaryl/α,β-unsaturated/α-hetero) is 1. The molecule has 2 heteroatoms. The van der Waals surface area contributed by atoms with Gasteiger partial charge >= 0.3 is 0 Å². The van der Waals surface area contributed by atoms with Crippen LogP contribution in [0, 0.1) is 6.92 Å². The van der Waals surface area contributed by atoms with Crippen molar-refractivity contribution in [1.29, 1.82) is 0 Å². The van der Waals surface area contributed by atoms with Crippen molar-refractivity contribution in [2.45, 2.75) is 46.5 Å². The Kier molecular flexibility index (Phi) is 5.20.